The molecular formula is C6H10N2. The molecule has 0 aliphatic carbocycles. The van der Waals surface area contributed by atoms with Gasteiger partial charge in [-0.1, -0.05) is 6.08 Å². The summed E-state index contributed by atoms with van der Waals surface area (Å²) in [6, 6.07) is 0. The molecule has 0 aliphatic rings. The molecule has 0 unspecified atom stereocenters. The quantitative estimate of drug-likeness (QED) is 0.227. The van der Waals surface area contributed by atoms with E-state index in [9.17, 15) is 0 Å². The summed E-state index contributed by atoms with van der Waals surface area (Å²) >= 11 is 0. The molecule has 0 saturated heterocycles. The monoisotopic (exact) mass is 110 g/mol. The van der Waals surface area contributed by atoms with E-state index in [0.29, 0.717) is 6.54 Å². The maximum Gasteiger partial charge on any atom is 0.154 e. The first-order chi connectivity index (χ1) is 3.81. The maximum atomic E-state index is 6.94. The second kappa shape index (κ2) is 4.16. The van der Waals surface area contributed by atoms with Gasteiger partial charge >= 0.3 is 0 Å². The van der Waals surface area contributed by atoms with E-state index in [1.54, 1.807) is 6.08 Å². The van der Waals surface area contributed by atoms with Crippen LogP contribution in [0, 0.1) is 0 Å². The molecule has 8 heavy (non-hydrogen) atoms. The third kappa shape index (κ3) is 3.19. The van der Waals surface area contributed by atoms with E-state index in [0.717, 1.165) is 11.1 Å². The standard InChI is InChI=1S/C6H10N2/c1-3-5-6-8(7)4-2/h3,7H,1-2,5-6H2. The van der Waals surface area contributed by atoms with Crippen molar-refractivity contribution in [3.63, 3.8) is 0 Å². The molecule has 0 atom stereocenters. The van der Waals surface area contributed by atoms with Gasteiger partial charge in [0, 0.05) is 13.0 Å². The van der Waals surface area contributed by atoms with Gasteiger partial charge in [0.1, 0.15) is 6.54 Å². The van der Waals surface area contributed by atoms with Crippen LogP contribution in [0.5, 0.6) is 0 Å². The third-order valence-corrected chi connectivity index (χ3v) is 0.748. The van der Waals surface area contributed by atoms with Gasteiger partial charge in [0.2, 0.25) is 0 Å². The van der Waals surface area contributed by atoms with E-state index in [-0.39, 0.29) is 0 Å². The molecule has 0 radical (unpaired) electrons. The maximum absolute atomic E-state index is 6.94. The van der Waals surface area contributed by atoms with E-state index >= 15 is 0 Å². The number of nitrogens with zero attached hydrogens (tertiary/aromatic N) is 1. The Hall–Kier alpha value is -1.01. The molecule has 0 heterocycles. The summed E-state index contributed by atoms with van der Waals surface area (Å²) in [5, 5.41) is 0. The van der Waals surface area contributed by atoms with Gasteiger partial charge in [-0.05, 0) is 0 Å². The predicted octanol–water partition coefficient (Wildman–Crippen LogP) is 1.40. The lowest BCUT2D eigenvalue weighted by Crippen LogP contribution is -1.98. The zero-order valence-corrected chi connectivity index (χ0v) is 4.85. The molecular weight excluding hydrogens is 100 g/mol. The molecule has 0 aromatic heterocycles. The fraction of sp³-hybridized carbons (Fsp3) is 0.333. The van der Waals surface area contributed by atoms with Crippen LogP contribution in [0.25, 0.3) is 5.84 Å². The van der Waals surface area contributed by atoms with Gasteiger partial charge in [-0.3, -0.25) is 0 Å². The second-order valence-corrected chi connectivity index (χ2v) is 1.39. The highest BCUT2D eigenvalue weighted by atomic mass is 15.3. The summed E-state index contributed by atoms with van der Waals surface area (Å²) in [7, 11) is 0. The zero-order chi connectivity index (χ0) is 6.41. The summed E-state index contributed by atoms with van der Waals surface area (Å²) in [5.41, 5.74) is 0. The first kappa shape index (κ1) is 6.99. The Morgan fingerprint density at radius 1 is 1.75 bits per heavy atom. The van der Waals surface area contributed by atoms with Crippen molar-refractivity contribution in [2.24, 2.45) is 0 Å². The molecule has 0 spiro atoms. The van der Waals surface area contributed by atoms with Crippen LogP contribution < -0.4 is 0 Å². The lowest BCUT2D eigenvalue weighted by atomic mass is 10.4. The minimum atomic E-state index is 0.632. The molecule has 0 aromatic rings. The summed E-state index contributed by atoms with van der Waals surface area (Å²) in [5.74, 6) is 9.34. The second-order valence-electron chi connectivity index (χ2n) is 1.39. The van der Waals surface area contributed by atoms with Gasteiger partial charge in [0.05, 0.1) is 0 Å². The van der Waals surface area contributed by atoms with Crippen LogP contribution in [-0.2, 0) is 0 Å². The van der Waals surface area contributed by atoms with Crippen molar-refractivity contribution in [1.29, 1.82) is 0 Å². The van der Waals surface area contributed by atoms with Crippen molar-refractivity contribution in [2.45, 2.75) is 6.42 Å². The molecule has 1 N–H and O–H groups in total. The Bertz CT molecular complexity index is 120. The Kier molecular flexibility index (Phi) is 3.63. The average Bonchev–Trinajstić information content (AvgIpc) is 1.83. The first-order valence-corrected chi connectivity index (χ1v) is 2.43. The molecule has 0 saturated carbocycles. The van der Waals surface area contributed by atoms with Gasteiger partial charge in [-0.15, -0.1) is 6.58 Å². The SMILES string of the molecule is C=C=[N+]([NH-])CCC=C. The van der Waals surface area contributed by atoms with Crippen molar-refractivity contribution >= 4 is 5.87 Å². The van der Waals surface area contributed by atoms with Crippen molar-refractivity contribution in [3.8, 4) is 0 Å². The van der Waals surface area contributed by atoms with Crippen LogP contribution in [0.3, 0.4) is 0 Å². The van der Waals surface area contributed by atoms with Gasteiger partial charge in [0.15, 0.2) is 5.87 Å². The highest BCUT2D eigenvalue weighted by molar-refractivity contribution is 5.39. The lowest BCUT2D eigenvalue weighted by molar-refractivity contribution is -0.449. The summed E-state index contributed by atoms with van der Waals surface area (Å²) < 4.78 is 1.15. The molecule has 44 valence electrons. The van der Waals surface area contributed by atoms with Crippen LogP contribution in [0.15, 0.2) is 19.2 Å². The average molecular weight is 110 g/mol. The molecule has 0 aliphatic heterocycles. The van der Waals surface area contributed by atoms with Crippen molar-refractivity contribution in [1.82, 2.24) is 0 Å². The number of rotatable bonds is 3. The minimum absolute atomic E-state index is 0.632. The predicted molar refractivity (Wildman–Crippen MR) is 34.9 cm³/mol. The van der Waals surface area contributed by atoms with Crippen LogP contribution >= 0.6 is 0 Å². The topological polar surface area (TPSA) is 26.8 Å². The van der Waals surface area contributed by atoms with E-state index in [2.05, 4.69) is 19.0 Å². The summed E-state index contributed by atoms with van der Waals surface area (Å²) in [6.45, 7) is 7.43. The third-order valence-electron chi connectivity index (χ3n) is 0.748. The van der Waals surface area contributed by atoms with Gasteiger partial charge < -0.3 is 5.84 Å². The van der Waals surface area contributed by atoms with Crippen LogP contribution in [0.4, 0.5) is 0 Å². The van der Waals surface area contributed by atoms with Crippen LogP contribution in [0.1, 0.15) is 6.42 Å². The Morgan fingerprint density at radius 2 is 2.38 bits per heavy atom. The summed E-state index contributed by atoms with van der Waals surface area (Å²) in [4.78, 5) is 0. The smallest absolute Gasteiger partial charge is 0.154 e. The van der Waals surface area contributed by atoms with Gasteiger partial charge in [0.25, 0.3) is 0 Å². The van der Waals surface area contributed by atoms with Crippen molar-refractivity contribution < 1.29 is 4.68 Å². The Morgan fingerprint density at radius 3 is 2.75 bits per heavy atom. The molecule has 0 bridgehead atoms. The normalized spacial score (nSPS) is 7.50. The fourth-order valence-corrected chi connectivity index (χ4v) is 0.299. The highest BCUT2D eigenvalue weighted by Crippen LogP contribution is 1.79. The van der Waals surface area contributed by atoms with Gasteiger partial charge in [-0.25, -0.2) is 4.68 Å². The molecule has 0 amide bonds. The molecule has 0 aromatic carbocycles. The Balaban J connectivity index is 3.39. The minimum Gasteiger partial charge on any atom is -0.445 e. The molecule has 0 rings (SSSR count). The van der Waals surface area contributed by atoms with E-state index in [1.165, 1.54) is 0 Å². The van der Waals surface area contributed by atoms with E-state index in [1.807, 2.05) is 0 Å². The lowest BCUT2D eigenvalue weighted by Gasteiger charge is -1.93. The highest BCUT2D eigenvalue weighted by Gasteiger charge is 1.81. The zero-order valence-electron chi connectivity index (χ0n) is 4.85. The van der Waals surface area contributed by atoms with Crippen LogP contribution in [-0.4, -0.2) is 17.1 Å². The van der Waals surface area contributed by atoms with E-state index < -0.39 is 0 Å². The van der Waals surface area contributed by atoms with Crippen molar-refractivity contribution in [2.75, 3.05) is 6.54 Å². The molecule has 2 heteroatoms. The number of nitrogens with one attached hydrogen (secondary N) is 1. The van der Waals surface area contributed by atoms with Crippen molar-refractivity contribution in [3.05, 3.63) is 25.1 Å². The van der Waals surface area contributed by atoms with Crippen LogP contribution in [0.2, 0.25) is 0 Å². The Labute approximate surface area is 49.6 Å². The summed E-state index contributed by atoms with van der Waals surface area (Å²) in [6.07, 6.45) is 2.57. The largest absolute Gasteiger partial charge is 0.445 e. The number of hydrogen-bond donors (Lipinski definition) is 0. The van der Waals surface area contributed by atoms with E-state index in [4.69, 9.17) is 5.84 Å². The molecule has 2 nitrogen and oxygen atoms in total. The van der Waals surface area contributed by atoms with Gasteiger partial charge in [-0.2, -0.15) is 0 Å². The first-order valence-electron chi connectivity index (χ1n) is 2.43. The molecule has 0 fully saturated rings. The fourth-order valence-electron chi connectivity index (χ4n) is 0.299. The number of hydrogen-bond acceptors (Lipinski definition) is 0.